The van der Waals surface area contributed by atoms with Crippen LogP contribution in [0.15, 0.2) is 46.4 Å². The number of nitrogens with two attached hydrogens (primary N) is 7. The van der Waals surface area contributed by atoms with Crippen LogP contribution in [0, 0.1) is 11.8 Å². The Kier molecular flexibility index (Phi) is 48.6. The molecule has 1 aromatic rings. The third-order valence-electron chi connectivity index (χ3n) is 16.4. The number of carbonyl (C=O) groups is 13. The molecule has 1 rings (SSSR count). The summed E-state index contributed by atoms with van der Waals surface area (Å²) < 4.78 is 0. The summed E-state index contributed by atoms with van der Waals surface area (Å²) in [7, 11) is 0. The van der Waals surface area contributed by atoms with Crippen molar-refractivity contribution in [1.82, 2.24) is 58.5 Å². The number of primary amides is 2. The maximum atomic E-state index is 14.3. The zero-order chi connectivity index (χ0) is 79.0. The first-order valence-corrected chi connectivity index (χ1v) is 37.7. The molecule has 13 amide bonds. The van der Waals surface area contributed by atoms with Crippen LogP contribution in [0.4, 0.5) is 0 Å². The molecule has 1 aromatic carbocycles. The van der Waals surface area contributed by atoms with Crippen LogP contribution in [0.1, 0.15) is 169 Å². The van der Waals surface area contributed by atoms with Crippen LogP contribution in [0.3, 0.4) is 0 Å². The minimum atomic E-state index is -1.71. The Balaban J connectivity index is 3.28. The lowest BCUT2D eigenvalue weighted by Gasteiger charge is -2.29. The van der Waals surface area contributed by atoms with Gasteiger partial charge in [0.15, 0.2) is 11.9 Å². The van der Waals surface area contributed by atoms with Gasteiger partial charge < -0.3 is 104 Å². The highest BCUT2D eigenvalue weighted by molar-refractivity contribution is 7.80. The summed E-state index contributed by atoms with van der Waals surface area (Å²) in [6.07, 6.45) is 16.0. The number of phenolic OH excluding ortho intramolecular Hbond substituents is 1. The fourth-order valence-electron chi connectivity index (χ4n) is 10.4. The van der Waals surface area contributed by atoms with Gasteiger partial charge in [0.25, 0.3) is 0 Å². The second kappa shape index (κ2) is 54.1. The molecule has 0 spiro atoms. The fourth-order valence-corrected chi connectivity index (χ4v) is 11.2. The van der Waals surface area contributed by atoms with Crippen molar-refractivity contribution in [3.05, 3.63) is 42.0 Å². The number of hydrogen-bond acceptors (Lipinski definition) is 20. The quantitative estimate of drug-likeness (QED) is 0.0109. The molecular formula is C68H118N20O14S3. The van der Waals surface area contributed by atoms with E-state index >= 15 is 0 Å². The molecule has 0 radical (unpaired) electrons. The van der Waals surface area contributed by atoms with Crippen LogP contribution < -0.4 is 98.6 Å². The molecule has 0 aliphatic heterocycles. The number of phenols is 1. The van der Waals surface area contributed by atoms with Gasteiger partial charge in [0.05, 0.1) is 13.0 Å². The summed E-state index contributed by atoms with van der Waals surface area (Å²) in [6, 6.07) is -7.80. The lowest BCUT2D eigenvalue weighted by molar-refractivity contribution is -0.136. The van der Waals surface area contributed by atoms with Crippen LogP contribution >= 0.6 is 37.9 Å². The van der Waals surface area contributed by atoms with Crippen molar-refractivity contribution in [2.75, 3.05) is 43.4 Å². The second-order valence-electron chi connectivity index (χ2n) is 26.1. The molecule has 0 heterocycles. The first-order valence-electron chi connectivity index (χ1n) is 35.8. The number of nitrogens with zero attached hydrogens (tertiary/aromatic N) is 2. The van der Waals surface area contributed by atoms with Gasteiger partial charge in [-0.25, -0.2) is 0 Å². The smallest absolute Gasteiger partial charge is 0.244 e. The molecule has 105 heavy (non-hydrogen) atoms. The zero-order valence-electron chi connectivity index (χ0n) is 61.2. The number of thiol groups is 3. The van der Waals surface area contributed by atoms with Crippen molar-refractivity contribution in [1.29, 1.82) is 0 Å². The van der Waals surface area contributed by atoms with E-state index in [4.69, 9.17) is 40.1 Å². The highest BCUT2D eigenvalue weighted by Gasteiger charge is 2.37. The number of guanidine groups is 2. The number of unbranched alkanes of at least 4 members (excludes halogenated alkanes) is 10. The second-order valence-corrected chi connectivity index (χ2v) is 27.2. The molecule has 0 aromatic heterocycles. The van der Waals surface area contributed by atoms with Gasteiger partial charge in [-0.05, 0) is 113 Å². The maximum Gasteiger partial charge on any atom is 0.244 e. The summed E-state index contributed by atoms with van der Waals surface area (Å²) in [6.45, 7) is 8.07. The summed E-state index contributed by atoms with van der Waals surface area (Å²) in [5, 5.41) is 37.8. The number of amides is 13. The van der Waals surface area contributed by atoms with Crippen molar-refractivity contribution >= 4 is 127 Å². The van der Waals surface area contributed by atoms with Crippen LogP contribution in [0.5, 0.6) is 5.75 Å². The molecule has 0 aliphatic carbocycles. The third-order valence-corrected chi connectivity index (χ3v) is 17.5. The minimum Gasteiger partial charge on any atom is -0.508 e. The van der Waals surface area contributed by atoms with Gasteiger partial charge in [0, 0.05) is 43.2 Å². The number of benzene rings is 1. The molecule has 10 atom stereocenters. The average molecular weight is 1540 g/mol. The van der Waals surface area contributed by atoms with E-state index in [-0.39, 0.29) is 106 Å². The largest absolute Gasteiger partial charge is 0.508 e. The lowest BCUT2D eigenvalue weighted by Crippen LogP contribution is -2.62. The molecule has 37 heteroatoms. The van der Waals surface area contributed by atoms with Crippen molar-refractivity contribution in [2.45, 2.75) is 230 Å². The number of nitrogens with one attached hydrogen (secondary N) is 11. The van der Waals surface area contributed by atoms with Gasteiger partial charge in [0.1, 0.15) is 66.2 Å². The zero-order valence-corrected chi connectivity index (χ0v) is 63.9. The van der Waals surface area contributed by atoms with E-state index in [0.717, 1.165) is 38.5 Å². The Labute approximate surface area is 632 Å². The number of aliphatic imine (C=N–C) groups is 2. The van der Waals surface area contributed by atoms with Crippen LogP contribution in [-0.2, 0) is 68.7 Å². The highest BCUT2D eigenvalue weighted by atomic mass is 32.1. The molecule has 0 saturated heterocycles. The van der Waals surface area contributed by atoms with E-state index in [1.807, 2.05) is 0 Å². The molecule has 0 fully saturated rings. The van der Waals surface area contributed by atoms with Crippen molar-refractivity contribution in [3.63, 3.8) is 0 Å². The topological polar surface area (TPSA) is 581 Å². The fraction of sp³-hybridized carbons (Fsp3) is 0.662. The number of carbonyl (C=O) groups excluding carboxylic acids is 13. The van der Waals surface area contributed by atoms with E-state index in [9.17, 15) is 67.4 Å². The molecular weight excluding hydrogens is 1420 g/mol. The molecule has 592 valence electrons. The van der Waals surface area contributed by atoms with Gasteiger partial charge in [-0.3, -0.25) is 72.3 Å². The number of rotatable bonds is 56. The van der Waals surface area contributed by atoms with E-state index in [2.05, 4.69) is 125 Å². The van der Waals surface area contributed by atoms with Gasteiger partial charge in [0.2, 0.25) is 76.8 Å². The van der Waals surface area contributed by atoms with E-state index in [0.29, 0.717) is 18.4 Å². The summed E-state index contributed by atoms with van der Waals surface area (Å²) >= 11 is 12.7. The van der Waals surface area contributed by atoms with Crippen molar-refractivity contribution in [2.24, 2.45) is 62.0 Å². The average Bonchev–Trinajstić information content (AvgIpc) is 0.881. The van der Waals surface area contributed by atoms with Crippen LogP contribution in [0.25, 0.3) is 0 Å². The van der Waals surface area contributed by atoms with E-state index < -0.39 is 162 Å². The first-order chi connectivity index (χ1) is 49.8. The Bertz CT molecular complexity index is 3010. The number of hydrogen-bond donors (Lipinski definition) is 22. The van der Waals surface area contributed by atoms with Gasteiger partial charge >= 0.3 is 0 Å². The molecule has 0 aliphatic rings. The van der Waals surface area contributed by atoms with E-state index in [1.54, 1.807) is 39.8 Å². The van der Waals surface area contributed by atoms with Crippen LogP contribution in [-0.4, -0.2) is 198 Å². The monoisotopic (exact) mass is 1530 g/mol. The summed E-state index contributed by atoms with van der Waals surface area (Å²) in [5.41, 5.74) is 39.1. The lowest BCUT2D eigenvalue weighted by atomic mass is 10.0. The first kappa shape index (κ1) is 94.4. The predicted molar refractivity (Wildman–Crippen MR) is 411 cm³/mol. The summed E-state index contributed by atoms with van der Waals surface area (Å²) in [5.74, 6) is -13.9. The SMILES string of the molecule is CCCCCC/C=C\CCCCCCCC(=O)N[C@@H](Cc1ccc(O)cc1)C(=O)N[C@@H](CS)C(=O)N[C@@H](CC(N)=O)C(=O)NCC(=O)N[C@@H](CCCCN)C(=O)N[C@@H](CCCN=C(N)N)C(=O)N[C@H](C(=O)N[C@@H](CS)C(=O)N[C@H](C(=O)N[C@@H](CS)C(=O)N[C@@H](CCCN=C(N)N)C(N)=O)C(C)C)C(C)C. The number of aromatic hydroxyl groups is 1. The maximum absolute atomic E-state index is 14.3. The normalized spacial score (nSPS) is 14.0. The predicted octanol–water partition coefficient (Wildman–Crippen LogP) is -2.15. The molecule has 0 bridgehead atoms. The summed E-state index contributed by atoms with van der Waals surface area (Å²) in [4.78, 5) is 184. The standard InChI is InChI=1S/C68H118N20O14S3/c1-6-7-8-9-10-11-12-13-14-15-16-17-18-26-53(91)80-47(34-42-27-29-43(89)30-28-42)61(97)84-49(37-103)63(99)83-48(35-52(70)90)58(94)78-36-54(92)79-45(23-19-20-31-69)59(95)82-46(25-22-33-77-68(74)75)60(96)87-55(40(2)3)65(101)86-51(39-105)64(100)88-56(41(4)5)66(102)85-50(38-104)62(98)81-44(57(71)93)24-21-32-76-67(72)73/h11-12,27-30,40-41,44-51,55-56,89,103-105H,6-10,13-26,31-39,69H2,1-5H3,(H2,70,90)(H2,71,93)(H,78,94)(H,79,92)(H,80,91)(H,81,98)(H,82,95)(H,83,99)(H,84,97)(H,85,102)(H,86,101)(H,87,96)(H,88,100)(H4,72,73,76)(H4,74,75,77)/b12-11-/t44-,45-,46-,47-,48-,49-,50-,51-,55-,56-/m0/s1. The Morgan fingerprint density at radius 2 is 0.838 bits per heavy atom. The third kappa shape index (κ3) is 41.1. The Morgan fingerprint density at radius 3 is 1.31 bits per heavy atom. The van der Waals surface area contributed by atoms with Gasteiger partial charge in [-0.1, -0.05) is 97.4 Å². The van der Waals surface area contributed by atoms with E-state index in [1.165, 1.54) is 37.8 Å². The van der Waals surface area contributed by atoms with Crippen molar-refractivity contribution in [3.8, 4) is 5.75 Å². The highest BCUT2D eigenvalue weighted by Crippen LogP contribution is 2.15. The molecule has 26 N–H and O–H groups in total. The van der Waals surface area contributed by atoms with Gasteiger partial charge in [-0.2, -0.15) is 37.9 Å². The van der Waals surface area contributed by atoms with Crippen LogP contribution in [0.2, 0.25) is 0 Å². The van der Waals surface area contributed by atoms with Gasteiger partial charge in [-0.15, -0.1) is 0 Å². The molecule has 34 nitrogen and oxygen atoms in total. The molecule has 0 unspecified atom stereocenters. The Morgan fingerprint density at radius 1 is 0.438 bits per heavy atom. The Hall–Kier alpha value is -8.58. The number of allylic oxidation sites excluding steroid dienone is 2. The molecule has 0 saturated carbocycles. The minimum absolute atomic E-state index is 0.0105. The van der Waals surface area contributed by atoms with Crippen molar-refractivity contribution < 1.29 is 67.4 Å².